The van der Waals surface area contributed by atoms with Crippen molar-refractivity contribution in [3.05, 3.63) is 87.7 Å². The number of Topliss-reactive ketones (excluding diaryl/α,β-unsaturated/α-hetero) is 1. The Bertz CT molecular complexity index is 1580. The number of allylic oxidation sites excluding steroid dienone is 5. The van der Waals surface area contributed by atoms with Crippen LogP contribution in [-0.2, 0) is 20.7 Å². The van der Waals surface area contributed by atoms with Gasteiger partial charge in [0, 0.05) is 34.4 Å². The summed E-state index contributed by atoms with van der Waals surface area (Å²) in [4.78, 5) is 15.1. The van der Waals surface area contributed by atoms with Gasteiger partial charge in [-0.2, -0.15) is 0 Å². The fraction of sp³-hybridized carbons (Fsp3) is 0.564. The van der Waals surface area contributed by atoms with Gasteiger partial charge < -0.3 is 19.9 Å². The number of nitrogens with one attached hydrogen (secondary N) is 1. The maximum Gasteiger partial charge on any atom is 0.194 e. The lowest BCUT2D eigenvalue weighted by Gasteiger charge is -2.60. The summed E-state index contributed by atoms with van der Waals surface area (Å²) < 4.78 is 13.8. The van der Waals surface area contributed by atoms with E-state index in [1.807, 2.05) is 6.92 Å². The summed E-state index contributed by atoms with van der Waals surface area (Å²) in [6.45, 7) is 17.1. The zero-order valence-corrected chi connectivity index (χ0v) is 28.5. The molecule has 0 bridgehead atoms. The molecule has 240 valence electrons. The van der Waals surface area contributed by atoms with Crippen LogP contribution in [0.4, 0.5) is 5.69 Å². The highest BCUT2D eigenvalue weighted by Gasteiger charge is 2.75. The van der Waals surface area contributed by atoms with Crippen LogP contribution in [0.2, 0.25) is 0 Å². The van der Waals surface area contributed by atoms with Gasteiger partial charge in [0.15, 0.2) is 17.7 Å². The minimum atomic E-state index is -1.05. The maximum atomic E-state index is 14.1. The summed E-state index contributed by atoms with van der Waals surface area (Å²) >= 11 is 1.65. The summed E-state index contributed by atoms with van der Waals surface area (Å²) in [6, 6.07) is 10.8. The minimum Gasteiger partial charge on any atom is -0.393 e. The Labute approximate surface area is 272 Å². The molecule has 2 aromatic rings. The fourth-order valence-corrected chi connectivity index (χ4v) is 10.9. The lowest BCUT2D eigenvalue weighted by molar-refractivity contribution is -0.199. The number of ketones is 1. The highest BCUT2D eigenvalue weighted by molar-refractivity contribution is 7.10. The van der Waals surface area contributed by atoms with Crippen LogP contribution >= 0.6 is 11.3 Å². The number of hydrogen-bond acceptors (Lipinski definition) is 6. The first-order valence-corrected chi connectivity index (χ1v) is 17.7. The number of ether oxygens (including phenoxy) is 2. The van der Waals surface area contributed by atoms with E-state index in [-0.39, 0.29) is 34.7 Å². The molecule has 6 heteroatoms. The highest BCUT2D eigenvalue weighted by atomic mass is 32.1. The molecule has 9 atom stereocenters. The largest absolute Gasteiger partial charge is 0.393 e. The van der Waals surface area contributed by atoms with Crippen LogP contribution in [0.3, 0.4) is 0 Å². The molecule has 2 N–H and O–H groups in total. The molecular formula is C39H49NO4S. The van der Waals surface area contributed by atoms with Gasteiger partial charge in [-0.15, -0.1) is 11.3 Å². The van der Waals surface area contributed by atoms with E-state index in [0.29, 0.717) is 18.8 Å². The van der Waals surface area contributed by atoms with Crippen LogP contribution in [0.5, 0.6) is 0 Å². The van der Waals surface area contributed by atoms with E-state index in [1.165, 1.54) is 16.7 Å². The van der Waals surface area contributed by atoms with Crippen molar-refractivity contribution in [2.75, 3.05) is 5.32 Å². The molecule has 2 heterocycles. The summed E-state index contributed by atoms with van der Waals surface area (Å²) in [5.41, 5.74) is 4.26. The van der Waals surface area contributed by atoms with Gasteiger partial charge >= 0.3 is 0 Å². The molecule has 1 saturated heterocycles. The number of benzene rings is 1. The predicted molar refractivity (Wildman–Crippen MR) is 181 cm³/mol. The number of rotatable bonds is 6. The van der Waals surface area contributed by atoms with Crippen molar-refractivity contribution in [3.8, 4) is 0 Å². The van der Waals surface area contributed by atoms with Crippen LogP contribution in [0, 0.1) is 28.6 Å². The first-order valence-electron chi connectivity index (χ1n) is 16.9. The van der Waals surface area contributed by atoms with Gasteiger partial charge in [-0.05, 0) is 105 Å². The number of anilines is 1. The second kappa shape index (κ2) is 10.8. The first kappa shape index (κ1) is 31.1. The van der Waals surface area contributed by atoms with Crippen LogP contribution in [0.1, 0.15) is 95.9 Å². The highest BCUT2D eigenvalue weighted by Crippen LogP contribution is 2.70. The van der Waals surface area contributed by atoms with Crippen LogP contribution in [0.15, 0.2) is 71.7 Å². The quantitative estimate of drug-likeness (QED) is 0.336. The third-order valence-electron chi connectivity index (χ3n) is 11.8. The van der Waals surface area contributed by atoms with Gasteiger partial charge in [-0.3, -0.25) is 4.79 Å². The third kappa shape index (κ3) is 4.85. The lowest BCUT2D eigenvalue weighted by Crippen LogP contribution is -2.62. The number of thiophene rings is 1. The molecule has 3 saturated carbocycles. The number of hydrogen-bond donors (Lipinski definition) is 2. The SMILES string of the molecule is C=C1C=C[C@@]2(C)C(=C1)CC[C@@H]1[C@@H]2[C@@H](O)C[C@@]2(C)[C@H]1C[C@H]1O[C@@H](c3cc(Cc4cccc(NC(C)(C)C)c4)cs3)O[C@]12C(=O)CC. The summed E-state index contributed by atoms with van der Waals surface area (Å²) in [5, 5.41) is 17.7. The molecule has 7 rings (SSSR count). The average Bonchev–Trinajstić information content (AvgIpc) is 3.65. The van der Waals surface area contributed by atoms with Gasteiger partial charge in [0.1, 0.15) is 0 Å². The summed E-state index contributed by atoms with van der Waals surface area (Å²) in [7, 11) is 0. The van der Waals surface area contributed by atoms with E-state index in [4.69, 9.17) is 9.47 Å². The Kier molecular flexibility index (Phi) is 7.44. The van der Waals surface area contributed by atoms with E-state index in [2.05, 4.69) is 100 Å². The van der Waals surface area contributed by atoms with Gasteiger partial charge in [-0.25, -0.2) is 0 Å². The minimum absolute atomic E-state index is 0.00234. The molecule has 5 nitrogen and oxygen atoms in total. The van der Waals surface area contributed by atoms with Gasteiger partial charge in [-0.1, -0.05) is 63.3 Å². The number of aliphatic hydroxyl groups is 1. The van der Waals surface area contributed by atoms with Crippen LogP contribution in [0.25, 0.3) is 0 Å². The maximum absolute atomic E-state index is 14.1. The van der Waals surface area contributed by atoms with Gasteiger partial charge in [0.25, 0.3) is 0 Å². The Morgan fingerprint density at radius 1 is 1.20 bits per heavy atom. The number of fused-ring (bicyclic) bond motifs is 7. The molecule has 0 amide bonds. The third-order valence-corrected chi connectivity index (χ3v) is 12.8. The number of carbonyl (C=O) groups is 1. The molecule has 4 aliphatic carbocycles. The second-order valence-corrected chi connectivity index (χ2v) is 16.8. The van der Waals surface area contributed by atoms with Crippen molar-refractivity contribution in [3.63, 3.8) is 0 Å². The molecular weight excluding hydrogens is 578 g/mol. The van der Waals surface area contributed by atoms with E-state index in [9.17, 15) is 9.90 Å². The van der Waals surface area contributed by atoms with Crippen molar-refractivity contribution in [2.45, 2.75) is 110 Å². The average molecular weight is 628 g/mol. The van der Waals surface area contributed by atoms with Crippen molar-refractivity contribution < 1.29 is 19.4 Å². The van der Waals surface area contributed by atoms with E-state index in [1.54, 1.807) is 11.3 Å². The van der Waals surface area contributed by atoms with Gasteiger partial charge in [0.05, 0.1) is 17.1 Å². The van der Waals surface area contributed by atoms with E-state index >= 15 is 0 Å². The standard InChI is InChI=1S/C39H49NO4S/c1-8-32(42)39-33(20-29-28-13-12-26-16-23(2)14-15-37(26,6)34(28)30(41)21-38(29,39)7)43-35(44-39)31-19-25(22-45-31)17-24-10-9-11-27(18-24)40-36(3,4)5/h9-11,14-16,18-19,22,28-30,33-35,40-41H,2,8,12-13,17,20-21H2,1,3-7H3/t28-,29-,30-,33+,34+,35+,37-,38-,39+/m0/s1. The predicted octanol–water partition coefficient (Wildman–Crippen LogP) is 8.56. The molecule has 0 radical (unpaired) electrons. The van der Waals surface area contributed by atoms with E-state index in [0.717, 1.165) is 41.8 Å². The number of carbonyl (C=O) groups excluding carboxylic acids is 1. The van der Waals surface area contributed by atoms with Crippen LogP contribution < -0.4 is 5.32 Å². The fourth-order valence-electron chi connectivity index (χ4n) is 10.1. The lowest BCUT2D eigenvalue weighted by atomic mass is 9.46. The molecule has 1 aromatic heterocycles. The number of aliphatic hydroxyl groups excluding tert-OH is 1. The van der Waals surface area contributed by atoms with Crippen molar-refractivity contribution in [2.24, 2.45) is 28.6 Å². The smallest absolute Gasteiger partial charge is 0.194 e. The zero-order valence-electron chi connectivity index (χ0n) is 27.7. The Morgan fingerprint density at radius 2 is 2.00 bits per heavy atom. The molecule has 0 unspecified atom stereocenters. The van der Waals surface area contributed by atoms with Crippen molar-refractivity contribution in [1.82, 2.24) is 0 Å². The van der Waals surface area contributed by atoms with Crippen molar-refractivity contribution >= 4 is 22.8 Å². The van der Waals surface area contributed by atoms with E-state index < -0.39 is 23.4 Å². The topological polar surface area (TPSA) is 67.8 Å². The second-order valence-electron chi connectivity index (χ2n) is 15.8. The zero-order chi connectivity index (χ0) is 31.9. The summed E-state index contributed by atoms with van der Waals surface area (Å²) in [5.74, 6) is 0.769. The Morgan fingerprint density at radius 3 is 2.76 bits per heavy atom. The molecule has 5 aliphatic rings. The molecule has 4 fully saturated rings. The first-order chi connectivity index (χ1) is 21.3. The summed E-state index contributed by atoms with van der Waals surface area (Å²) in [6.07, 6.45) is 9.77. The van der Waals surface area contributed by atoms with Gasteiger partial charge in [0.2, 0.25) is 0 Å². The molecule has 1 aromatic carbocycles. The molecule has 0 spiro atoms. The monoisotopic (exact) mass is 627 g/mol. The Hall–Kier alpha value is -2.51. The molecule has 45 heavy (non-hydrogen) atoms. The van der Waals surface area contributed by atoms with Crippen LogP contribution in [-0.4, -0.2) is 34.2 Å². The molecule has 1 aliphatic heterocycles. The van der Waals surface area contributed by atoms with Crippen molar-refractivity contribution in [1.29, 1.82) is 0 Å². The normalized spacial score (nSPS) is 38.6. The Balaban J connectivity index is 1.15.